The van der Waals surface area contributed by atoms with Crippen molar-refractivity contribution in [2.24, 2.45) is 0 Å². The number of urea groups is 1. The van der Waals surface area contributed by atoms with Gasteiger partial charge in [0.1, 0.15) is 5.54 Å². The fourth-order valence-electron chi connectivity index (χ4n) is 1.94. The van der Waals surface area contributed by atoms with E-state index in [0.717, 1.165) is 11.8 Å². The zero-order chi connectivity index (χ0) is 17.2. The summed E-state index contributed by atoms with van der Waals surface area (Å²) >= 11 is 13.2. The number of imide groups is 1. The molecule has 0 bridgehead atoms. The third kappa shape index (κ3) is 3.73. The molecule has 4 amide bonds. The summed E-state index contributed by atoms with van der Waals surface area (Å²) in [6, 6.07) is 4.39. The van der Waals surface area contributed by atoms with Crippen LogP contribution in [0, 0.1) is 0 Å². The monoisotopic (exact) mass is 375 g/mol. The Morgan fingerprint density at radius 2 is 1.96 bits per heavy atom. The number of benzene rings is 1. The summed E-state index contributed by atoms with van der Waals surface area (Å²) in [5.41, 5.74) is 1.31. The van der Waals surface area contributed by atoms with Crippen LogP contribution < -0.4 is 10.7 Å². The van der Waals surface area contributed by atoms with Gasteiger partial charge in [0.25, 0.3) is 5.91 Å². The number of carbonyl (C=O) groups is 3. The molecule has 2 N–H and O–H groups in total. The van der Waals surface area contributed by atoms with E-state index in [0.29, 0.717) is 26.4 Å². The quantitative estimate of drug-likeness (QED) is 0.612. The average Bonchev–Trinajstić information content (AvgIpc) is 2.71. The molecule has 0 radical (unpaired) electrons. The van der Waals surface area contributed by atoms with Crippen LogP contribution in [0.25, 0.3) is 0 Å². The molecule has 1 heterocycles. The number of nitrogens with one attached hydrogen (secondary N) is 2. The van der Waals surface area contributed by atoms with E-state index in [-0.39, 0.29) is 5.75 Å². The zero-order valence-corrected chi connectivity index (χ0v) is 14.8. The van der Waals surface area contributed by atoms with Gasteiger partial charge in [0, 0.05) is 4.90 Å². The number of rotatable bonds is 5. The van der Waals surface area contributed by atoms with Gasteiger partial charge >= 0.3 is 6.03 Å². The second kappa shape index (κ2) is 6.98. The summed E-state index contributed by atoms with van der Waals surface area (Å²) in [6.07, 6.45) is 0.425. The molecule has 6 nitrogen and oxygen atoms in total. The fraction of sp³-hybridized carbons (Fsp3) is 0.357. The minimum Gasteiger partial charge on any atom is -0.322 e. The first-order valence-electron chi connectivity index (χ1n) is 6.81. The molecule has 0 saturated carbocycles. The second-order valence-electron chi connectivity index (χ2n) is 5.13. The number of carbonyl (C=O) groups excluding carboxylic acids is 3. The van der Waals surface area contributed by atoms with E-state index in [1.165, 1.54) is 0 Å². The largest absolute Gasteiger partial charge is 0.344 e. The molecule has 0 aromatic heterocycles. The summed E-state index contributed by atoms with van der Waals surface area (Å²) in [6.45, 7) is 3.39. The maximum Gasteiger partial charge on any atom is 0.344 e. The normalized spacial score (nSPS) is 20.6. The van der Waals surface area contributed by atoms with E-state index >= 15 is 0 Å². The minimum absolute atomic E-state index is 0.0383. The number of thioether (sulfide) groups is 1. The molecule has 1 aliphatic heterocycles. The lowest BCUT2D eigenvalue weighted by atomic mass is 10.00. The third-order valence-electron chi connectivity index (χ3n) is 3.47. The van der Waals surface area contributed by atoms with E-state index in [2.05, 4.69) is 10.7 Å². The molecule has 1 aromatic carbocycles. The number of hydrazine groups is 1. The highest BCUT2D eigenvalue weighted by Crippen LogP contribution is 2.33. The van der Waals surface area contributed by atoms with Crippen molar-refractivity contribution in [1.82, 2.24) is 15.8 Å². The number of hydrogen-bond donors (Lipinski definition) is 2. The SMILES string of the molecule is CCC1(C)NC(=O)N(NC(=O)CSc2c(Cl)cccc2Cl)C1=O. The van der Waals surface area contributed by atoms with Crippen molar-refractivity contribution in [1.29, 1.82) is 0 Å². The van der Waals surface area contributed by atoms with Gasteiger partial charge in [-0.25, -0.2) is 4.79 Å². The molecule has 1 fully saturated rings. The van der Waals surface area contributed by atoms with Crippen molar-refractivity contribution in [3.05, 3.63) is 28.2 Å². The molecular formula is C14H15Cl2N3O3S. The van der Waals surface area contributed by atoms with Crippen LogP contribution in [0.4, 0.5) is 4.79 Å². The van der Waals surface area contributed by atoms with E-state index in [1.807, 2.05) is 0 Å². The number of nitrogens with zero attached hydrogens (tertiary/aromatic N) is 1. The first kappa shape index (κ1) is 17.9. The first-order chi connectivity index (χ1) is 10.8. The maximum atomic E-state index is 12.2. The van der Waals surface area contributed by atoms with Gasteiger partial charge in [-0.05, 0) is 25.5 Å². The predicted octanol–water partition coefficient (Wildman–Crippen LogP) is 2.84. The highest BCUT2D eigenvalue weighted by atomic mass is 35.5. The molecular weight excluding hydrogens is 361 g/mol. The van der Waals surface area contributed by atoms with E-state index in [9.17, 15) is 14.4 Å². The summed E-state index contributed by atoms with van der Waals surface area (Å²) in [5, 5.41) is 4.13. The molecule has 0 spiro atoms. The Hall–Kier alpha value is -1.44. The van der Waals surface area contributed by atoms with Gasteiger partial charge < -0.3 is 5.32 Å². The van der Waals surface area contributed by atoms with Gasteiger partial charge in [0.15, 0.2) is 0 Å². The molecule has 0 aliphatic carbocycles. The standard InChI is InChI=1S/C14H15Cl2N3O3S/c1-3-14(2)12(21)19(13(22)17-14)18-10(20)7-23-11-8(15)5-4-6-9(11)16/h4-6H,3,7H2,1-2H3,(H,17,22)(H,18,20). The minimum atomic E-state index is -0.996. The van der Waals surface area contributed by atoms with Gasteiger partial charge in [-0.3, -0.25) is 15.0 Å². The number of amides is 4. The molecule has 23 heavy (non-hydrogen) atoms. The van der Waals surface area contributed by atoms with Gasteiger partial charge in [-0.15, -0.1) is 11.8 Å². The Balaban J connectivity index is 1.98. The van der Waals surface area contributed by atoms with E-state index in [1.54, 1.807) is 32.0 Å². The summed E-state index contributed by atoms with van der Waals surface area (Å²) < 4.78 is 0. The summed E-state index contributed by atoms with van der Waals surface area (Å²) in [7, 11) is 0. The van der Waals surface area contributed by atoms with Crippen LogP contribution in [0.5, 0.6) is 0 Å². The molecule has 1 aliphatic rings. The molecule has 2 rings (SSSR count). The highest BCUT2D eigenvalue weighted by Gasteiger charge is 2.47. The summed E-state index contributed by atoms with van der Waals surface area (Å²) in [5.74, 6) is -1.03. The lowest BCUT2D eigenvalue weighted by Crippen LogP contribution is -2.49. The Morgan fingerprint density at radius 3 is 2.48 bits per heavy atom. The van der Waals surface area contributed by atoms with Gasteiger partial charge in [0.05, 0.1) is 15.8 Å². The van der Waals surface area contributed by atoms with Gasteiger partial charge in [-0.2, -0.15) is 5.01 Å². The van der Waals surface area contributed by atoms with Gasteiger partial charge in [0.2, 0.25) is 5.91 Å². The van der Waals surface area contributed by atoms with Gasteiger partial charge in [-0.1, -0.05) is 36.2 Å². The number of halogens is 2. The fourth-order valence-corrected chi connectivity index (χ4v) is 3.42. The second-order valence-corrected chi connectivity index (χ2v) is 6.93. The molecule has 124 valence electrons. The zero-order valence-electron chi connectivity index (χ0n) is 12.5. The topological polar surface area (TPSA) is 78.5 Å². The predicted molar refractivity (Wildman–Crippen MR) is 89.4 cm³/mol. The molecule has 9 heteroatoms. The van der Waals surface area contributed by atoms with Crippen LogP contribution in [0.3, 0.4) is 0 Å². The van der Waals surface area contributed by atoms with Crippen molar-refractivity contribution in [2.75, 3.05) is 5.75 Å². The molecule has 1 aromatic rings. The average molecular weight is 376 g/mol. The molecule has 1 unspecified atom stereocenters. The van der Waals surface area contributed by atoms with Crippen molar-refractivity contribution in [2.45, 2.75) is 30.7 Å². The van der Waals surface area contributed by atoms with Crippen molar-refractivity contribution < 1.29 is 14.4 Å². The van der Waals surface area contributed by atoms with Crippen LogP contribution >= 0.6 is 35.0 Å². The van der Waals surface area contributed by atoms with E-state index < -0.39 is 23.4 Å². The first-order valence-corrected chi connectivity index (χ1v) is 8.55. The third-order valence-corrected chi connectivity index (χ3v) is 5.46. The lowest BCUT2D eigenvalue weighted by Gasteiger charge is -2.19. The smallest absolute Gasteiger partial charge is 0.322 e. The Bertz CT molecular complexity index is 650. The van der Waals surface area contributed by atoms with Crippen LogP contribution in [0.2, 0.25) is 10.0 Å². The Labute approximate surface area is 147 Å². The van der Waals surface area contributed by atoms with Crippen LogP contribution in [-0.4, -0.2) is 34.1 Å². The highest BCUT2D eigenvalue weighted by molar-refractivity contribution is 8.00. The maximum absolute atomic E-state index is 12.2. The number of hydrogen-bond acceptors (Lipinski definition) is 4. The lowest BCUT2D eigenvalue weighted by molar-refractivity contribution is -0.137. The Morgan fingerprint density at radius 1 is 1.35 bits per heavy atom. The van der Waals surface area contributed by atoms with Crippen molar-refractivity contribution >= 4 is 52.8 Å². The molecule has 1 saturated heterocycles. The molecule has 1 atom stereocenters. The summed E-state index contributed by atoms with van der Waals surface area (Å²) in [4.78, 5) is 36.5. The van der Waals surface area contributed by atoms with Crippen LogP contribution in [0.1, 0.15) is 20.3 Å². The van der Waals surface area contributed by atoms with Crippen molar-refractivity contribution in [3.63, 3.8) is 0 Å². The van der Waals surface area contributed by atoms with Crippen LogP contribution in [0.15, 0.2) is 23.1 Å². The van der Waals surface area contributed by atoms with Crippen LogP contribution in [-0.2, 0) is 9.59 Å². The van der Waals surface area contributed by atoms with Crippen molar-refractivity contribution in [3.8, 4) is 0 Å². The Kier molecular flexibility index (Phi) is 5.44. The van der Waals surface area contributed by atoms with E-state index in [4.69, 9.17) is 23.2 Å².